The van der Waals surface area contributed by atoms with Crippen LogP contribution in [0.4, 0.5) is 0 Å². The summed E-state index contributed by atoms with van der Waals surface area (Å²) in [5.74, 6) is 0.535. The first-order valence-electron chi connectivity index (χ1n) is 14.2. The standard InChI is InChI=1S/C28H43N2O3S.C2H6/c1-4-17-29(19-16-23(3)5-2)20-21-32-28(31)26-12-8-13-27(33-26)30-18-7-6-10-24(30)14-15-25-11-9-22-34-25;1-2/h6,9-11,14-15,22-23,26-27H,4-5,7-8,12-13,16-21H2,1-3H3;1-2H3/q+1;/b15-14+;. The van der Waals surface area contributed by atoms with Gasteiger partial charge in [-0.1, -0.05) is 53.2 Å². The van der Waals surface area contributed by atoms with Gasteiger partial charge in [-0.25, -0.2) is 9.37 Å². The van der Waals surface area contributed by atoms with Gasteiger partial charge in [-0.3, -0.25) is 4.90 Å². The smallest absolute Gasteiger partial charge is 0.335 e. The minimum absolute atomic E-state index is 0.0774. The van der Waals surface area contributed by atoms with Gasteiger partial charge in [0.1, 0.15) is 13.2 Å². The van der Waals surface area contributed by atoms with E-state index in [1.165, 1.54) is 17.7 Å². The van der Waals surface area contributed by atoms with Crippen molar-refractivity contribution in [2.24, 2.45) is 5.92 Å². The number of hydrogen-bond donors (Lipinski definition) is 0. The van der Waals surface area contributed by atoms with Crippen molar-refractivity contribution in [2.75, 3.05) is 32.8 Å². The summed E-state index contributed by atoms with van der Waals surface area (Å²) in [5, 5.41) is 2.09. The number of hydrogen-bond acceptors (Lipinski definition) is 5. The Balaban J connectivity index is 0.00000222. The maximum absolute atomic E-state index is 12.8. The Labute approximate surface area is 223 Å². The minimum atomic E-state index is -0.466. The number of thiophene rings is 1. The summed E-state index contributed by atoms with van der Waals surface area (Å²) in [7, 11) is 0. The average Bonchev–Trinajstić information content (AvgIpc) is 3.45. The summed E-state index contributed by atoms with van der Waals surface area (Å²) in [6.07, 6.45) is 15.3. The Hall–Kier alpha value is -1.76. The molecular formula is C30H49N2O3S+. The molecule has 36 heavy (non-hydrogen) atoms. The van der Waals surface area contributed by atoms with Crippen LogP contribution in [-0.2, 0) is 14.3 Å². The van der Waals surface area contributed by atoms with Gasteiger partial charge in [0.25, 0.3) is 6.23 Å². The molecule has 0 N–H and O–H groups in total. The topological polar surface area (TPSA) is 41.8 Å². The molecule has 1 fully saturated rings. The van der Waals surface area contributed by atoms with Gasteiger partial charge >= 0.3 is 5.97 Å². The predicted molar refractivity (Wildman–Crippen MR) is 153 cm³/mol. The SMILES string of the molecule is CC.CCCN(CCOC(=O)C1CCCC([N+]2=C(/C=C/c3cccs3)C=CCC2)O1)CCC(C)CC. The molecule has 202 valence electrons. The van der Waals surface area contributed by atoms with E-state index in [4.69, 9.17) is 9.47 Å². The molecule has 0 radical (unpaired) electrons. The molecule has 0 aromatic carbocycles. The van der Waals surface area contributed by atoms with Crippen LogP contribution in [0.5, 0.6) is 0 Å². The highest BCUT2D eigenvalue weighted by Gasteiger charge is 2.36. The fraction of sp³-hybridized carbons (Fsp3) is 0.667. The number of rotatable bonds is 13. The Morgan fingerprint density at radius 3 is 2.81 bits per heavy atom. The zero-order valence-electron chi connectivity index (χ0n) is 23.3. The molecule has 2 aliphatic heterocycles. The molecule has 0 aliphatic carbocycles. The molecule has 0 saturated carbocycles. The zero-order valence-corrected chi connectivity index (χ0v) is 24.1. The van der Waals surface area contributed by atoms with Crippen LogP contribution in [0.15, 0.2) is 35.7 Å². The van der Waals surface area contributed by atoms with Gasteiger partial charge in [-0.05, 0) is 62.2 Å². The van der Waals surface area contributed by atoms with Gasteiger partial charge in [0.05, 0.1) is 0 Å². The quantitative estimate of drug-likeness (QED) is 0.213. The van der Waals surface area contributed by atoms with E-state index < -0.39 is 6.10 Å². The lowest BCUT2D eigenvalue weighted by molar-refractivity contribution is -0.619. The van der Waals surface area contributed by atoms with Crippen LogP contribution >= 0.6 is 11.3 Å². The first-order valence-corrected chi connectivity index (χ1v) is 15.0. The average molecular weight is 518 g/mol. The lowest BCUT2D eigenvalue weighted by Crippen LogP contribution is -2.43. The second kappa shape index (κ2) is 17.7. The van der Waals surface area contributed by atoms with Crippen molar-refractivity contribution in [3.8, 4) is 0 Å². The number of carbonyl (C=O) groups is 1. The van der Waals surface area contributed by atoms with E-state index in [9.17, 15) is 4.79 Å². The lowest BCUT2D eigenvalue weighted by atomic mass is 10.1. The number of nitrogens with zero attached hydrogens (tertiary/aromatic N) is 2. The van der Waals surface area contributed by atoms with Crippen LogP contribution in [0.25, 0.3) is 6.08 Å². The van der Waals surface area contributed by atoms with Crippen molar-refractivity contribution >= 4 is 29.1 Å². The highest BCUT2D eigenvalue weighted by Crippen LogP contribution is 2.23. The van der Waals surface area contributed by atoms with Gasteiger partial charge < -0.3 is 9.47 Å². The molecule has 1 aromatic heterocycles. The Bertz CT molecular complexity index is 831. The molecule has 1 saturated heterocycles. The van der Waals surface area contributed by atoms with Crippen molar-refractivity contribution in [1.29, 1.82) is 0 Å². The predicted octanol–water partition coefficient (Wildman–Crippen LogP) is 6.79. The number of ether oxygens (including phenoxy) is 2. The molecule has 5 nitrogen and oxygen atoms in total. The molecule has 1 aromatic rings. The Kier molecular flexibility index (Phi) is 14.9. The summed E-state index contributed by atoms with van der Waals surface area (Å²) < 4.78 is 14.3. The second-order valence-electron chi connectivity index (χ2n) is 9.48. The van der Waals surface area contributed by atoms with Crippen LogP contribution in [0, 0.1) is 5.92 Å². The third kappa shape index (κ3) is 10.3. The second-order valence-corrected chi connectivity index (χ2v) is 10.5. The minimum Gasteiger partial charge on any atom is -0.462 e. The van der Waals surface area contributed by atoms with Crippen LogP contribution in [0.2, 0.25) is 0 Å². The number of esters is 1. The lowest BCUT2D eigenvalue weighted by Gasteiger charge is -2.28. The summed E-state index contributed by atoms with van der Waals surface area (Å²) in [6.45, 7) is 15.0. The molecular weight excluding hydrogens is 468 g/mol. The van der Waals surface area contributed by atoms with E-state index in [-0.39, 0.29) is 12.2 Å². The van der Waals surface area contributed by atoms with Crippen molar-refractivity contribution in [1.82, 2.24) is 4.90 Å². The molecule has 3 unspecified atom stereocenters. The summed E-state index contributed by atoms with van der Waals surface area (Å²) in [6, 6.07) is 4.19. The maximum Gasteiger partial charge on any atom is 0.335 e. The largest absolute Gasteiger partial charge is 0.462 e. The van der Waals surface area contributed by atoms with E-state index in [0.29, 0.717) is 6.61 Å². The molecule has 0 spiro atoms. The first kappa shape index (κ1) is 30.5. The van der Waals surface area contributed by atoms with Gasteiger partial charge in [0, 0.05) is 36.4 Å². The summed E-state index contributed by atoms with van der Waals surface area (Å²) >= 11 is 1.73. The van der Waals surface area contributed by atoms with Crippen LogP contribution < -0.4 is 0 Å². The van der Waals surface area contributed by atoms with E-state index in [0.717, 1.165) is 69.9 Å². The fourth-order valence-corrected chi connectivity index (χ4v) is 5.11. The van der Waals surface area contributed by atoms with Crippen LogP contribution in [-0.4, -0.2) is 66.3 Å². The van der Waals surface area contributed by atoms with Crippen LogP contribution in [0.3, 0.4) is 0 Å². The van der Waals surface area contributed by atoms with E-state index >= 15 is 0 Å². The third-order valence-electron chi connectivity index (χ3n) is 6.79. The van der Waals surface area contributed by atoms with Gasteiger partial charge in [0.2, 0.25) is 5.71 Å². The molecule has 3 heterocycles. The number of carbonyl (C=O) groups excluding carboxylic acids is 1. The zero-order chi connectivity index (χ0) is 26.2. The fourth-order valence-electron chi connectivity index (χ4n) is 4.49. The van der Waals surface area contributed by atoms with Crippen molar-refractivity contribution in [3.63, 3.8) is 0 Å². The molecule has 2 aliphatic rings. The Morgan fingerprint density at radius 1 is 1.25 bits per heavy atom. The highest BCUT2D eigenvalue weighted by molar-refractivity contribution is 7.10. The maximum atomic E-state index is 12.8. The molecule has 0 bridgehead atoms. The van der Waals surface area contributed by atoms with Crippen molar-refractivity contribution in [2.45, 2.75) is 91.9 Å². The van der Waals surface area contributed by atoms with Crippen molar-refractivity contribution in [3.05, 3.63) is 40.6 Å². The van der Waals surface area contributed by atoms with Crippen molar-refractivity contribution < 1.29 is 18.8 Å². The molecule has 6 heteroatoms. The molecule has 3 atom stereocenters. The molecule has 3 rings (SSSR count). The van der Waals surface area contributed by atoms with Crippen LogP contribution in [0.1, 0.15) is 84.4 Å². The third-order valence-corrected chi connectivity index (χ3v) is 7.63. The van der Waals surface area contributed by atoms with Gasteiger partial charge in [-0.15, -0.1) is 11.3 Å². The van der Waals surface area contributed by atoms with E-state index in [2.05, 4.69) is 72.1 Å². The highest BCUT2D eigenvalue weighted by atomic mass is 32.1. The first-order chi connectivity index (χ1) is 17.6. The summed E-state index contributed by atoms with van der Waals surface area (Å²) in [4.78, 5) is 16.5. The Morgan fingerprint density at radius 2 is 2.08 bits per heavy atom. The normalized spacial score (nSPS) is 20.9. The van der Waals surface area contributed by atoms with Gasteiger partial charge in [-0.2, -0.15) is 0 Å². The monoisotopic (exact) mass is 517 g/mol. The van der Waals surface area contributed by atoms with Gasteiger partial charge in [0.15, 0.2) is 6.10 Å². The van der Waals surface area contributed by atoms with E-state index in [1.54, 1.807) is 11.3 Å². The molecule has 0 amide bonds. The summed E-state index contributed by atoms with van der Waals surface area (Å²) in [5.41, 5.74) is 1.15. The number of allylic oxidation sites excluding steroid dienone is 2. The van der Waals surface area contributed by atoms with E-state index in [1.807, 2.05) is 13.8 Å².